The van der Waals surface area contributed by atoms with E-state index in [0.29, 0.717) is 18.8 Å². The smallest absolute Gasteiger partial charge is 0.260 e. The Morgan fingerprint density at radius 2 is 2.25 bits per heavy atom. The van der Waals surface area contributed by atoms with Gasteiger partial charge in [0.2, 0.25) is 0 Å². The quantitative estimate of drug-likeness (QED) is 0.789. The molecule has 0 aliphatic rings. The second kappa shape index (κ2) is 4.80. The van der Waals surface area contributed by atoms with E-state index in [0.717, 1.165) is 5.57 Å². The topological polar surface area (TPSA) is 66.1 Å². The lowest BCUT2D eigenvalue weighted by Crippen LogP contribution is -2.28. The van der Waals surface area contributed by atoms with Gasteiger partial charge in [-0.3, -0.25) is 0 Å². The molecule has 5 nitrogen and oxygen atoms in total. The van der Waals surface area contributed by atoms with E-state index < -0.39 is 10.0 Å². The summed E-state index contributed by atoms with van der Waals surface area (Å²) in [6.07, 6.45) is 2.03. The number of aryl methyl sites for hydroxylation is 1. The Bertz CT molecular complexity index is 476. The van der Waals surface area contributed by atoms with Gasteiger partial charge in [0, 0.05) is 20.0 Å². The van der Waals surface area contributed by atoms with Gasteiger partial charge in [0.25, 0.3) is 10.0 Å². The lowest BCUT2D eigenvalue weighted by molar-refractivity contribution is 0.490. The zero-order valence-electron chi connectivity index (χ0n) is 9.82. The number of sulfonamides is 1. The van der Waals surface area contributed by atoms with Crippen molar-refractivity contribution in [3.8, 4) is 0 Å². The van der Waals surface area contributed by atoms with Crippen molar-refractivity contribution in [3.63, 3.8) is 0 Å². The highest BCUT2D eigenvalue weighted by Crippen LogP contribution is 2.12. The standard InChI is InChI=1S/C10H17N3O2S/c1-5-9-11-6-10(12-9)16(14,15)13(4)7-8(2)3/h6H,2,5,7H2,1,3-4H3,(H,11,12). The van der Waals surface area contributed by atoms with Gasteiger partial charge in [0.05, 0.1) is 6.20 Å². The van der Waals surface area contributed by atoms with E-state index in [4.69, 9.17) is 0 Å². The van der Waals surface area contributed by atoms with E-state index in [1.54, 1.807) is 6.92 Å². The number of imidazole rings is 1. The summed E-state index contributed by atoms with van der Waals surface area (Å²) < 4.78 is 25.3. The van der Waals surface area contributed by atoms with Crippen LogP contribution in [0.3, 0.4) is 0 Å². The van der Waals surface area contributed by atoms with Crippen LogP contribution in [0.15, 0.2) is 23.4 Å². The Labute approximate surface area is 96.2 Å². The van der Waals surface area contributed by atoms with Gasteiger partial charge >= 0.3 is 0 Å². The third-order valence-corrected chi connectivity index (χ3v) is 3.83. The number of nitrogens with zero attached hydrogens (tertiary/aromatic N) is 2. The largest absolute Gasteiger partial charge is 0.332 e. The second-order valence-corrected chi connectivity index (χ2v) is 5.78. The third kappa shape index (κ3) is 2.70. The molecule has 90 valence electrons. The highest BCUT2D eigenvalue weighted by molar-refractivity contribution is 7.89. The first-order valence-electron chi connectivity index (χ1n) is 5.02. The van der Waals surface area contributed by atoms with Crippen LogP contribution in [-0.2, 0) is 16.4 Å². The average molecular weight is 243 g/mol. The van der Waals surface area contributed by atoms with Crippen molar-refractivity contribution in [2.24, 2.45) is 0 Å². The zero-order valence-corrected chi connectivity index (χ0v) is 10.6. The molecule has 0 amide bonds. The molecule has 1 aromatic heterocycles. The Morgan fingerprint density at radius 1 is 1.62 bits per heavy atom. The second-order valence-electron chi connectivity index (χ2n) is 3.77. The number of aromatic amines is 1. The van der Waals surface area contributed by atoms with E-state index in [1.165, 1.54) is 17.5 Å². The fraction of sp³-hybridized carbons (Fsp3) is 0.500. The van der Waals surface area contributed by atoms with Crippen LogP contribution in [0.5, 0.6) is 0 Å². The highest BCUT2D eigenvalue weighted by Gasteiger charge is 2.22. The molecule has 0 unspecified atom stereocenters. The van der Waals surface area contributed by atoms with Gasteiger partial charge in [-0.15, -0.1) is 0 Å². The molecule has 0 bridgehead atoms. The van der Waals surface area contributed by atoms with Crippen LogP contribution in [-0.4, -0.2) is 36.3 Å². The van der Waals surface area contributed by atoms with Crippen molar-refractivity contribution in [1.82, 2.24) is 14.3 Å². The van der Waals surface area contributed by atoms with Crippen LogP contribution in [0.2, 0.25) is 0 Å². The van der Waals surface area contributed by atoms with Crippen LogP contribution in [0.1, 0.15) is 19.7 Å². The molecule has 16 heavy (non-hydrogen) atoms. The van der Waals surface area contributed by atoms with Gasteiger partial charge < -0.3 is 4.98 Å². The Morgan fingerprint density at radius 3 is 2.69 bits per heavy atom. The highest BCUT2D eigenvalue weighted by atomic mass is 32.2. The zero-order chi connectivity index (χ0) is 12.3. The fourth-order valence-corrected chi connectivity index (χ4v) is 2.45. The molecule has 6 heteroatoms. The molecule has 0 aliphatic heterocycles. The fourth-order valence-electron chi connectivity index (χ4n) is 1.29. The van der Waals surface area contributed by atoms with Gasteiger partial charge in [-0.1, -0.05) is 19.1 Å². The van der Waals surface area contributed by atoms with E-state index in [2.05, 4.69) is 16.5 Å². The molecule has 0 saturated carbocycles. The minimum absolute atomic E-state index is 0.133. The van der Waals surface area contributed by atoms with Crippen molar-refractivity contribution in [2.45, 2.75) is 25.3 Å². The summed E-state index contributed by atoms with van der Waals surface area (Å²) in [7, 11) is -1.94. The summed E-state index contributed by atoms with van der Waals surface area (Å²) in [5, 5.41) is 0.133. The minimum atomic E-state index is -3.47. The minimum Gasteiger partial charge on any atom is -0.332 e. The molecule has 0 fully saturated rings. The van der Waals surface area contributed by atoms with Gasteiger partial charge in [-0.25, -0.2) is 13.4 Å². The number of rotatable bonds is 5. The molecule has 0 spiro atoms. The molecular formula is C10H17N3O2S. The molecule has 1 rings (SSSR count). The van der Waals surface area contributed by atoms with E-state index in [9.17, 15) is 8.42 Å². The van der Waals surface area contributed by atoms with Gasteiger partial charge in [-0.05, 0) is 6.92 Å². The van der Waals surface area contributed by atoms with E-state index >= 15 is 0 Å². The van der Waals surface area contributed by atoms with Crippen LogP contribution in [0.4, 0.5) is 0 Å². The summed E-state index contributed by atoms with van der Waals surface area (Å²) in [5.74, 6) is 0.669. The SMILES string of the molecule is C=C(C)CN(C)S(=O)(=O)c1cnc(CC)[nH]1. The van der Waals surface area contributed by atoms with Crippen molar-refractivity contribution < 1.29 is 8.42 Å². The summed E-state index contributed by atoms with van der Waals surface area (Å²) in [6.45, 7) is 7.70. The molecular weight excluding hydrogens is 226 g/mol. The Balaban J connectivity index is 2.97. The number of nitrogens with one attached hydrogen (secondary N) is 1. The van der Waals surface area contributed by atoms with Crippen LogP contribution in [0.25, 0.3) is 0 Å². The lowest BCUT2D eigenvalue weighted by atomic mass is 10.4. The number of aromatic nitrogens is 2. The van der Waals surface area contributed by atoms with Gasteiger partial charge in [-0.2, -0.15) is 4.31 Å². The molecule has 1 N–H and O–H groups in total. The van der Waals surface area contributed by atoms with Crippen LogP contribution >= 0.6 is 0 Å². The molecule has 0 radical (unpaired) electrons. The van der Waals surface area contributed by atoms with Crippen molar-refractivity contribution in [1.29, 1.82) is 0 Å². The van der Waals surface area contributed by atoms with E-state index in [-0.39, 0.29) is 5.03 Å². The van der Waals surface area contributed by atoms with E-state index in [1.807, 2.05) is 6.92 Å². The first-order chi connectivity index (χ1) is 7.37. The Hall–Kier alpha value is -1.14. The van der Waals surface area contributed by atoms with Crippen molar-refractivity contribution in [3.05, 3.63) is 24.2 Å². The normalized spacial score (nSPS) is 12.0. The first-order valence-corrected chi connectivity index (χ1v) is 6.46. The summed E-state index contributed by atoms with van der Waals surface area (Å²) in [6, 6.07) is 0. The first kappa shape index (κ1) is 12.9. The van der Waals surface area contributed by atoms with Gasteiger partial charge in [0.15, 0.2) is 5.03 Å². The Kier molecular flexibility index (Phi) is 3.88. The molecule has 0 atom stereocenters. The predicted octanol–water partition coefficient (Wildman–Crippen LogP) is 1.17. The lowest BCUT2D eigenvalue weighted by Gasteiger charge is -2.15. The van der Waals surface area contributed by atoms with Crippen LogP contribution in [0, 0.1) is 0 Å². The maximum atomic E-state index is 12.0. The molecule has 1 heterocycles. The summed E-state index contributed by atoms with van der Waals surface area (Å²) in [5.41, 5.74) is 0.793. The van der Waals surface area contributed by atoms with Crippen molar-refractivity contribution >= 4 is 10.0 Å². The predicted molar refractivity (Wildman–Crippen MR) is 62.6 cm³/mol. The molecule has 0 aliphatic carbocycles. The maximum Gasteiger partial charge on any atom is 0.260 e. The monoisotopic (exact) mass is 243 g/mol. The molecule has 0 saturated heterocycles. The average Bonchev–Trinajstić information content (AvgIpc) is 2.65. The maximum absolute atomic E-state index is 12.0. The van der Waals surface area contributed by atoms with Crippen LogP contribution < -0.4 is 0 Å². The number of likely N-dealkylation sites (N-methyl/N-ethyl adjacent to an activating group) is 1. The number of hydrogen-bond acceptors (Lipinski definition) is 3. The summed E-state index contributed by atoms with van der Waals surface area (Å²) >= 11 is 0. The summed E-state index contributed by atoms with van der Waals surface area (Å²) in [4.78, 5) is 6.77. The third-order valence-electron chi connectivity index (χ3n) is 2.12. The number of H-pyrrole nitrogens is 1. The molecule has 1 aromatic rings. The van der Waals surface area contributed by atoms with Gasteiger partial charge in [0.1, 0.15) is 5.82 Å². The molecule has 0 aromatic carbocycles. The number of hydrogen-bond donors (Lipinski definition) is 1. The van der Waals surface area contributed by atoms with Crippen molar-refractivity contribution in [2.75, 3.05) is 13.6 Å².